The van der Waals surface area contributed by atoms with E-state index in [4.69, 9.17) is 5.26 Å². The molecule has 1 atom stereocenters. The largest absolute Gasteiger partial charge is 0.387 e. The van der Waals surface area contributed by atoms with Gasteiger partial charge in [0.15, 0.2) is 0 Å². The van der Waals surface area contributed by atoms with Crippen LogP contribution in [0.1, 0.15) is 17.2 Å². The van der Waals surface area contributed by atoms with Crippen molar-refractivity contribution in [3.05, 3.63) is 50.3 Å². The number of hydrogen-bond donors (Lipinski definition) is 2. The monoisotopic (exact) mass is 290 g/mol. The number of nitrogens with one attached hydrogen (secondary N) is 1. The summed E-state index contributed by atoms with van der Waals surface area (Å²) in [4.78, 5) is 14.2. The van der Waals surface area contributed by atoms with Crippen LogP contribution in [0, 0.1) is 21.4 Å². The second kappa shape index (κ2) is 6.10. The first kappa shape index (κ1) is 13.9. The summed E-state index contributed by atoms with van der Waals surface area (Å²) in [6, 6.07) is 4.79. The van der Waals surface area contributed by atoms with Crippen LogP contribution in [0.3, 0.4) is 0 Å². The van der Waals surface area contributed by atoms with Crippen molar-refractivity contribution in [1.82, 2.24) is 4.98 Å². The number of aliphatic hydroxyl groups is 1. The second-order valence-electron chi connectivity index (χ2n) is 3.88. The highest BCUT2D eigenvalue weighted by Crippen LogP contribution is 2.26. The lowest BCUT2D eigenvalue weighted by Gasteiger charge is -2.11. The molecule has 0 aromatic carbocycles. The number of nitrogens with zero attached hydrogens (tertiary/aromatic N) is 3. The fourth-order valence-electron chi connectivity index (χ4n) is 1.63. The molecular weight excluding hydrogens is 280 g/mol. The topological polar surface area (TPSA) is 112 Å². The maximum atomic E-state index is 11.0. The Balaban J connectivity index is 2.18. The Kier molecular flexibility index (Phi) is 4.24. The first-order valence-corrected chi connectivity index (χ1v) is 6.55. The molecule has 1 unspecified atom stereocenters. The first-order valence-electron chi connectivity index (χ1n) is 5.61. The van der Waals surface area contributed by atoms with Crippen LogP contribution in [0.5, 0.6) is 0 Å². The zero-order valence-electron chi connectivity index (χ0n) is 10.2. The molecule has 0 radical (unpaired) electrons. The molecule has 2 N–H and O–H groups in total. The molecule has 0 aliphatic rings. The minimum absolute atomic E-state index is 0.0247. The van der Waals surface area contributed by atoms with Gasteiger partial charge in [0.05, 0.1) is 11.0 Å². The fourth-order valence-corrected chi connectivity index (χ4v) is 2.34. The standard InChI is InChI=1S/C12H10N4O3S/c13-5-8-1-3-14-12(11(8)16(18)19)15-6-10(17)9-2-4-20-7-9/h1-4,7,10,17H,6H2,(H,14,15). The smallest absolute Gasteiger partial charge is 0.328 e. The van der Waals surface area contributed by atoms with Crippen LogP contribution in [0.2, 0.25) is 0 Å². The van der Waals surface area contributed by atoms with Gasteiger partial charge >= 0.3 is 5.69 Å². The van der Waals surface area contributed by atoms with Gasteiger partial charge in [-0.1, -0.05) is 0 Å². The van der Waals surface area contributed by atoms with E-state index in [2.05, 4.69) is 10.3 Å². The molecular formula is C12H10N4O3S. The summed E-state index contributed by atoms with van der Waals surface area (Å²) in [7, 11) is 0. The van der Waals surface area contributed by atoms with Crippen molar-refractivity contribution in [3.8, 4) is 6.07 Å². The van der Waals surface area contributed by atoms with E-state index in [0.29, 0.717) is 0 Å². The predicted molar refractivity (Wildman–Crippen MR) is 73.4 cm³/mol. The van der Waals surface area contributed by atoms with E-state index in [1.807, 2.05) is 5.38 Å². The van der Waals surface area contributed by atoms with Crippen molar-refractivity contribution in [3.63, 3.8) is 0 Å². The van der Waals surface area contributed by atoms with Gasteiger partial charge in [-0.15, -0.1) is 0 Å². The number of pyridine rings is 1. The van der Waals surface area contributed by atoms with Crippen LogP contribution >= 0.6 is 11.3 Å². The Labute approximate surface area is 118 Å². The van der Waals surface area contributed by atoms with Crippen molar-refractivity contribution in [2.24, 2.45) is 0 Å². The van der Waals surface area contributed by atoms with Gasteiger partial charge in [-0.2, -0.15) is 16.6 Å². The van der Waals surface area contributed by atoms with E-state index in [0.717, 1.165) is 5.56 Å². The number of nitriles is 1. The molecule has 2 heterocycles. The highest BCUT2D eigenvalue weighted by atomic mass is 32.1. The van der Waals surface area contributed by atoms with E-state index in [9.17, 15) is 15.2 Å². The number of aliphatic hydroxyl groups excluding tert-OH is 1. The van der Waals surface area contributed by atoms with Crippen LogP contribution in [0.15, 0.2) is 29.1 Å². The molecule has 0 bridgehead atoms. The zero-order valence-corrected chi connectivity index (χ0v) is 11.0. The minimum Gasteiger partial charge on any atom is -0.387 e. The molecule has 0 saturated heterocycles. The third-order valence-electron chi connectivity index (χ3n) is 2.62. The van der Waals surface area contributed by atoms with Crippen molar-refractivity contribution < 1.29 is 10.0 Å². The van der Waals surface area contributed by atoms with Crippen LogP contribution < -0.4 is 5.32 Å². The number of thiophene rings is 1. The summed E-state index contributed by atoms with van der Waals surface area (Å²) >= 11 is 1.45. The molecule has 0 aliphatic carbocycles. The average molecular weight is 290 g/mol. The molecule has 0 spiro atoms. The Morgan fingerprint density at radius 1 is 1.60 bits per heavy atom. The number of aromatic nitrogens is 1. The molecule has 0 amide bonds. The number of anilines is 1. The lowest BCUT2D eigenvalue weighted by molar-refractivity contribution is -0.384. The molecule has 2 aromatic heterocycles. The van der Waals surface area contributed by atoms with Gasteiger partial charge in [0.2, 0.25) is 5.82 Å². The van der Waals surface area contributed by atoms with Gasteiger partial charge in [0, 0.05) is 12.7 Å². The van der Waals surface area contributed by atoms with Crippen LogP contribution in [-0.2, 0) is 0 Å². The third-order valence-corrected chi connectivity index (χ3v) is 3.32. The van der Waals surface area contributed by atoms with E-state index in [-0.39, 0.29) is 23.6 Å². The Bertz CT molecular complexity index is 651. The third kappa shape index (κ3) is 2.90. The summed E-state index contributed by atoms with van der Waals surface area (Å²) in [5, 5.41) is 36.1. The molecule has 0 saturated carbocycles. The summed E-state index contributed by atoms with van der Waals surface area (Å²) < 4.78 is 0. The number of nitro groups is 1. The molecule has 0 fully saturated rings. The summed E-state index contributed by atoms with van der Waals surface area (Å²) in [6.45, 7) is 0.0689. The van der Waals surface area contributed by atoms with Gasteiger partial charge in [0.25, 0.3) is 0 Å². The number of hydrogen-bond acceptors (Lipinski definition) is 7. The highest BCUT2D eigenvalue weighted by molar-refractivity contribution is 7.07. The quantitative estimate of drug-likeness (QED) is 0.644. The lowest BCUT2D eigenvalue weighted by Crippen LogP contribution is -2.14. The van der Waals surface area contributed by atoms with Gasteiger partial charge in [-0.05, 0) is 28.5 Å². The van der Waals surface area contributed by atoms with Crippen molar-refractivity contribution in [1.29, 1.82) is 5.26 Å². The zero-order chi connectivity index (χ0) is 14.5. The SMILES string of the molecule is N#Cc1ccnc(NCC(O)c2ccsc2)c1[N+](=O)[O-]. The summed E-state index contributed by atoms with van der Waals surface area (Å²) in [5.41, 5.74) is 0.270. The average Bonchev–Trinajstić information content (AvgIpc) is 2.98. The van der Waals surface area contributed by atoms with E-state index in [1.165, 1.54) is 23.6 Å². The maximum Gasteiger partial charge on any atom is 0.328 e. The van der Waals surface area contributed by atoms with Gasteiger partial charge in [0.1, 0.15) is 11.6 Å². The molecule has 7 nitrogen and oxygen atoms in total. The minimum atomic E-state index is -0.798. The predicted octanol–water partition coefficient (Wildman–Crippen LogP) is 2.07. The second-order valence-corrected chi connectivity index (χ2v) is 4.66. The molecule has 8 heteroatoms. The van der Waals surface area contributed by atoms with E-state index < -0.39 is 11.0 Å². The van der Waals surface area contributed by atoms with Crippen LogP contribution in [0.4, 0.5) is 11.5 Å². The van der Waals surface area contributed by atoms with Crippen LogP contribution in [-0.4, -0.2) is 21.6 Å². The fraction of sp³-hybridized carbons (Fsp3) is 0.167. The maximum absolute atomic E-state index is 11.0. The van der Waals surface area contributed by atoms with Crippen molar-refractivity contribution in [2.45, 2.75) is 6.10 Å². The molecule has 20 heavy (non-hydrogen) atoms. The first-order chi connectivity index (χ1) is 9.63. The normalized spacial score (nSPS) is 11.6. The Hall–Kier alpha value is -2.50. The summed E-state index contributed by atoms with van der Waals surface area (Å²) in [5.74, 6) is -0.0247. The lowest BCUT2D eigenvalue weighted by atomic mass is 10.2. The summed E-state index contributed by atoms with van der Waals surface area (Å²) in [6.07, 6.45) is 0.513. The highest BCUT2D eigenvalue weighted by Gasteiger charge is 2.21. The molecule has 2 aromatic rings. The number of rotatable bonds is 5. The van der Waals surface area contributed by atoms with E-state index >= 15 is 0 Å². The molecule has 102 valence electrons. The Morgan fingerprint density at radius 3 is 3.00 bits per heavy atom. The van der Waals surface area contributed by atoms with Crippen molar-refractivity contribution >= 4 is 22.8 Å². The van der Waals surface area contributed by atoms with Gasteiger partial charge in [-0.25, -0.2) is 4.98 Å². The van der Waals surface area contributed by atoms with Crippen molar-refractivity contribution in [2.75, 3.05) is 11.9 Å². The Morgan fingerprint density at radius 2 is 2.40 bits per heavy atom. The van der Waals surface area contributed by atoms with Crippen LogP contribution in [0.25, 0.3) is 0 Å². The molecule has 2 rings (SSSR count). The van der Waals surface area contributed by atoms with Gasteiger partial charge in [-0.3, -0.25) is 10.1 Å². The van der Waals surface area contributed by atoms with Gasteiger partial charge < -0.3 is 10.4 Å². The van der Waals surface area contributed by atoms with E-state index in [1.54, 1.807) is 17.5 Å². The molecule has 0 aliphatic heterocycles.